The zero-order valence-electron chi connectivity index (χ0n) is 18.1. The summed E-state index contributed by atoms with van der Waals surface area (Å²) in [6.07, 6.45) is 0.466. The number of carbonyl (C=O) groups is 3. The molecule has 9 nitrogen and oxygen atoms in total. The summed E-state index contributed by atoms with van der Waals surface area (Å²) in [7, 11) is 1.52. The summed E-state index contributed by atoms with van der Waals surface area (Å²) < 4.78 is 7.27. The van der Waals surface area contributed by atoms with Crippen LogP contribution in [0.4, 0.5) is 0 Å². The Hall–Kier alpha value is -3.20. The summed E-state index contributed by atoms with van der Waals surface area (Å²) in [4.78, 5) is 38.4. The maximum Gasteiger partial charge on any atom is 0.271 e. The van der Waals surface area contributed by atoms with Crippen molar-refractivity contribution in [2.45, 2.75) is 32.4 Å². The number of nitrogens with zero attached hydrogens (tertiary/aromatic N) is 3. The summed E-state index contributed by atoms with van der Waals surface area (Å²) in [6, 6.07) is 10.9. The molecule has 31 heavy (non-hydrogen) atoms. The van der Waals surface area contributed by atoms with E-state index in [1.54, 1.807) is 16.5 Å². The Morgan fingerprint density at radius 1 is 1.23 bits per heavy atom. The molecule has 2 N–H and O–H groups in total. The van der Waals surface area contributed by atoms with Gasteiger partial charge in [-0.2, -0.15) is 5.10 Å². The number of aromatic nitrogens is 2. The van der Waals surface area contributed by atoms with Crippen molar-refractivity contribution in [3.8, 4) is 0 Å². The van der Waals surface area contributed by atoms with E-state index in [4.69, 9.17) is 4.74 Å². The minimum atomic E-state index is -0.354. The maximum absolute atomic E-state index is 12.9. The highest BCUT2D eigenvalue weighted by atomic mass is 16.5. The first-order valence-corrected chi connectivity index (χ1v) is 10.4. The number of morpholine rings is 1. The van der Waals surface area contributed by atoms with Crippen LogP contribution in [0.2, 0.25) is 0 Å². The largest absolute Gasteiger partial charge is 0.374 e. The van der Waals surface area contributed by atoms with Crippen molar-refractivity contribution < 1.29 is 19.1 Å². The van der Waals surface area contributed by atoms with Crippen LogP contribution in [0.15, 0.2) is 36.4 Å². The Labute approximate surface area is 181 Å². The standard InChI is InChI=1S/C22H29N5O4/c1-15(17-7-5-4-6-8-17)27-20(13-19(25-27)21(29)23-3)22(30)24-10-9-18-14-26(16(2)28)11-12-31-18/h4-8,13,15,18H,9-12,14H2,1-3H3,(H,23,29)(H,24,30). The average Bonchev–Trinajstić information content (AvgIpc) is 3.24. The Morgan fingerprint density at radius 2 is 1.97 bits per heavy atom. The van der Waals surface area contributed by atoms with Gasteiger partial charge in [-0.3, -0.25) is 19.1 Å². The van der Waals surface area contributed by atoms with Crippen LogP contribution in [0.3, 0.4) is 0 Å². The third kappa shape index (κ3) is 5.49. The number of carbonyl (C=O) groups excluding carboxylic acids is 3. The lowest BCUT2D eigenvalue weighted by Crippen LogP contribution is -2.45. The molecule has 0 spiro atoms. The zero-order chi connectivity index (χ0) is 22.4. The van der Waals surface area contributed by atoms with Gasteiger partial charge in [-0.1, -0.05) is 30.3 Å². The van der Waals surface area contributed by atoms with Crippen LogP contribution in [-0.4, -0.2) is 71.8 Å². The molecule has 3 amide bonds. The highest BCUT2D eigenvalue weighted by molar-refractivity contribution is 5.97. The summed E-state index contributed by atoms with van der Waals surface area (Å²) in [6.45, 7) is 5.47. The Kier molecular flexibility index (Phi) is 7.41. The molecule has 0 aliphatic carbocycles. The molecule has 2 atom stereocenters. The second kappa shape index (κ2) is 10.2. The lowest BCUT2D eigenvalue weighted by molar-refractivity contribution is -0.136. The fraction of sp³-hybridized carbons (Fsp3) is 0.455. The molecule has 3 rings (SSSR count). The normalized spacial score (nSPS) is 17.1. The van der Waals surface area contributed by atoms with Gasteiger partial charge in [0.15, 0.2) is 5.69 Å². The Morgan fingerprint density at radius 3 is 2.65 bits per heavy atom. The van der Waals surface area contributed by atoms with Crippen molar-refractivity contribution >= 4 is 17.7 Å². The molecule has 0 bridgehead atoms. The van der Waals surface area contributed by atoms with Crippen LogP contribution in [0.1, 0.15) is 52.9 Å². The summed E-state index contributed by atoms with van der Waals surface area (Å²) in [5, 5.41) is 9.82. The molecule has 0 radical (unpaired) electrons. The molecule has 1 aromatic carbocycles. The molecule has 2 heterocycles. The number of amides is 3. The summed E-state index contributed by atoms with van der Waals surface area (Å²) >= 11 is 0. The smallest absolute Gasteiger partial charge is 0.271 e. The second-order valence-electron chi connectivity index (χ2n) is 7.53. The first kappa shape index (κ1) is 22.5. The van der Waals surface area contributed by atoms with Crippen LogP contribution in [0.25, 0.3) is 0 Å². The molecular weight excluding hydrogens is 398 g/mol. The number of hydrogen-bond donors (Lipinski definition) is 2. The molecule has 1 saturated heterocycles. The quantitative estimate of drug-likeness (QED) is 0.691. The number of ether oxygens (including phenoxy) is 1. The molecule has 9 heteroatoms. The van der Waals surface area contributed by atoms with Gasteiger partial charge >= 0.3 is 0 Å². The van der Waals surface area contributed by atoms with Gasteiger partial charge in [0.1, 0.15) is 5.69 Å². The zero-order valence-corrected chi connectivity index (χ0v) is 18.1. The third-order valence-corrected chi connectivity index (χ3v) is 5.41. The molecule has 0 saturated carbocycles. The highest BCUT2D eigenvalue weighted by Crippen LogP contribution is 2.20. The van der Waals surface area contributed by atoms with Crippen LogP contribution in [0, 0.1) is 0 Å². The lowest BCUT2D eigenvalue weighted by atomic mass is 10.1. The van der Waals surface area contributed by atoms with Gasteiger partial charge in [0, 0.05) is 39.7 Å². The fourth-order valence-electron chi connectivity index (χ4n) is 3.59. The van der Waals surface area contributed by atoms with E-state index < -0.39 is 0 Å². The van der Waals surface area contributed by atoms with E-state index in [1.165, 1.54) is 13.1 Å². The average molecular weight is 428 g/mol. The van der Waals surface area contributed by atoms with Gasteiger partial charge in [0.05, 0.1) is 18.8 Å². The van der Waals surface area contributed by atoms with E-state index in [9.17, 15) is 14.4 Å². The van der Waals surface area contributed by atoms with Gasteiger partial charge in [-0.15, -0.1) is 0 Å². The SMILES string of the molecule is CNC(=O)c1cc(C(=O)NCCC2CN(C(C)=O)CCO2)n(C(C)c2ccccc2)n1. The van der Waals surface area contributed by atoms with Crippen molar-refractivity contribution in [1.29, 1.82) is 0 Å². The van der Waals surface area contributed by atoms with Crippen molar-refractivity contribution in [1.82, 2.24) is 25.3 Å². The molecule has 166 valence electrons. The number of rotatable bonds is 7. The Bertz CT molecular complexity index is 927. The predicted octanol–water partition coefficient (Wildman–Crippen LogP) is 1.22. The van der Waals surface area contributed by atoms with E-state index >= 15 is 0 Å². The van der Waals surface area contributed by atoms with Gasteiger partial charge < -0.3 is 20.3 Å². The molecule has 1 aliphatic heterocycles. The fourth-order valence-corrected chi connectivity index (χ4v) is 3.59. The second-order valence-corrected chi connectivity index (χ2v) is 7.53. The van der Waals surface area contributed by atoms with Crippen molar-refractivity contribution in [3.05, 3.63) is 53.3 Å². The number of nitrogens with one attached hydrogen (secondary N) is 2. The van der Waals surface area contributed by atoms with Crippen molar-refractivity contribution in [2.24, 2.45) is 0 Å². The first-order valence-electron chi connectivity index (χ1n) is 10.4. The summed E-state index contributed by atoms with van der Waals surface area (Å²) in [5.41, 5.74) is 1.47. The number of hydrogen-bond acceptors (Lipinski definition) is 5. The Balaban J connectivity index is 1.70. The van der Waals surface area contributed by atoms with E-state index in [0.717, 1.165) is 5.56 Å². The molecule has 1 aliphatic rings. The van der Waals surface area contributed by atoms with E-state index in [1.807, 2.05) is 37.3 Å². The molecule has 1 aromatic heterocycles. The van der Waals surface area contributed by atoms with Crippen LogP contribution < -0.4 is 10.6 Å². The predicted molar refractivity (Wildman–Crippen MR) is 115 cm³/mol. The highest BCUT2D eigenvalue weighted by Gasteiger charge is 2.24. The summed E-state index contributed by atoms with van der Waals surface area (Å²) in [5.74, 6) is -0.643. The van der Waals surface area contributed by atoms with Crippen LogP contribution in [0.5, 0.6) is 0 Å². The van der Waals surface area contributed by atoms with Crippen LogP contribution in [-0.2, 0) is 9.53 Å². The number of benzene rings is 1. The van der Waals surface area contributed by atoms with Gasteiger partial charge in [0.2, 0.25) is 5.91 Å². The monoisotopic (exact) mass is 427 g/mol. The molecule has 1 fully saturated rings. The minimum Gasteiger partial charge on any atom is -0.374 e. The van der Waals surface area contributed by atoms with Crippen molar-refractivity contribution in [3.63, 3.8) is 0 Å². The van der Waals surface area contributed by atoms with Gasteiger partial charge in [-0.05, 0) is 18.9 Å². The third-order valence-electron chi connectivity index (χ3n) is 5.41. The first-order chi connectivity index (χ1) is 14.9. The molecular formula is C22H29N5O4. The maximum atomic E-state index is 12.9. The lowest BCUT2D eigenvalue weighted by Gasteiger charge is -2.32. The molecule has 2 unspecified atom stereocenters. The van der Waals surface area contributed by atoms with Crippen LogP contribution >= 0.6 is 0 Å². The van der Waals surface area contributed by atoms with Crippen molar-refractivity contribution in [2.75, 3.05) is 33.3 Å². The van der Waals surface area contributed by atoms with E-state index in [2.05, 4.69) is 15.7 Å². The van der Waals surface area contributed by atoms with Gasteiger partial charge in [0.25, 0.3) is 11.8 Å². The minimum absolute atomic E-state index is 0.0258. The van der Waals surface area contributed by atoms with E-state index in [-0.39, 0.29) is 35.6 Å². The molecule has 2 aromatic rings. The van der Waals surface area contributed by atoms with Gasteiger partial charge in [-0.25, -0.2) is 0 Å². The topological polar surface area (TPSA) is 106 Å². The van der Waals surface area contributed by atoms with E-state index in [0.29, 0.717) is 38.4 Å².